The minimum atomic E-state index is -0.882. The van der Waals surface area contributed by atoms with E-state index in [9.17, 15) is 9.90 Å². The second-order valence-electron chi connectivity index (χ2n) is 7.45. The Morgan fingerprint density at radius 1 is 1.26 bits per heavy atom. The number of ether oxygens (including phenoxy) is 1. The molecule has 1 saturated carbocycles. The molecule has 0 radical (unpaired) electrons. The highest BCUT2D eigenvalue weighted by atomic mass is 16.6. The van der Waals surface area contributed by atoms with E-state index in [2.05, 4.69) is 13.8 Å². The lowest BCUT2D eigenvalue weighted by Gasteiger charge is -2.35. The lowest BCUT2D eigenvalue weighted by molar-refractivity contribution is -0.171. The van der Waals surface area contributed by atoms with Gasteiger partial charge < -0.3 is 9.84 Å². The van der Waals surface area contributed by atoms with Crippen molar-refractivity contribution in [3.8, 4) is 0 Å². The molecule has 1 N–H and O–H groups in total. The molecule has 1 aliphatic carbocycles. The van der Waals surface area contributed by atoms with E-state index in [1.54, 1.807) is 0 Å². The Hall–Kier alpha value is -0.570. The first-order chi connectivity index (χ1) is 8.56. The Bertz CT molecular complexity index is 312. The molecule has 0 saturated heterocycles. The lowest BCUT2D eigenvalue weighted by atomic mass is 9.79. The van der Waals surface area contributed by atoms with Gasteiger partial charge in [0.1, 0.15) is 5.60 Å². The fourth-order valence-corrected chi connectivity index (χ4v) is 2.47. The van der Waals surface area contributed by atoms with Gasteiger partial charge in [0.15, 0.2) is 0 Å². The van der Waals surface area contributed by atoms with Gasteiger partial charge in [-0.05, 0) is 65.2 Å². The molecule has 0 aromatic carbocycles. The molecular weight excluding hydrogens is 240 g/mol. The molecule has 1 rings (SSSR count). The van der Waals surface area contributed by atoms with Gasteiger partial charge in [0, 0.05) is 0 Å². The van der Waals surface area contributed by atoms with Gasteiger partial charge in [0.25, 0.3) is 0 Å². The Balaban J connectivity index is 2.72. The third-order valence-electron chi connectivity index (χ3n) is 3.92. The van der Waals surface area contributed by atoms with Crippen LogP contribution in [0.4, 0.5) is 0 Å². The first kappa shape index (κ1) is 16.5. The Labute approximate surface area is 117 Å². The van der Waals surface area contributed by atoms with Crippen molar-refractivity contribution in [2.45, 2.75) is 78.4 Å². The molecule has 2 atom stereocenters. The quantitative estimate of drug-likeness (QED) is 0.751. The van der Waals surface area contributed by atoms with E-state index in [-0.39, 0.29) is 11.9 Å². The fraction of sp³-hybridized carbons (Fsp3) is 0.938. The molecule has 112 valence electrons. The zero-order valence-electron chi connectivity index (χ0n) is 13.3. The summed E-state index contributed by atoms with van der Waals surface area (Å²) in [4.78, 5) is 12.2. The molecule has 0 bridgehead atoms. The van der Waals surface area contributed by atoms with Crippen LogP contribution in [0.15, 0.2) is 0 Å². The van der Waals surface area contributed by atoms with Crippen molar-refractivity contribution >= 4 is 5.97 Å². The summed E-state index contributed by atoms with van der Waals surface area (Å²) < 4.78 is 5.43. The van der Waals surface area contributed by atoms with Gasteiger partial charge in [-0.1, -0.05) is 13.8 Å². The van der Waals surface area contributed by atoms with Gasteiger partial charge in [-0.2, -0.15) is 0 Å². The minimum absolute atomic E-state index is 0.272. The van der Waals surface area contributed by atoms with Gasteiger partial charge in [0.2, 0.25) is 0 Å². The average Bonchev–Trinajstić information content (AvgIpc) is 3.06. The molecule has 3 heteroatoms. The summed E-state index contributed by atoms with van der Waals surface area (Å²) in [6.45, 7) is 11.7. The molecular formula is C16H30O3. The van der Waals surface area contributed by atoms with Crippen molar-refractivity contribution < 1.29 is 14.6 Å². The SMILES string of the molecule is CC(C)CCC(O)(C1CC1)C(C)C(=O)OC(C)(C)C. The predicted octanol–water partition coefficient (Wildman–Crippen LogP) is 3.54. The van der Waals surface area contributed by atoms with E-state index in [0.717, 1.165) is 19.3 Å². The third-order valence-corrected chi connectivity index (χ3v) is 3.92. The standard InChI is InChI=1S/C16H30O3/c1-11(2)9-10-16(18,13-7-8-13)12(3)14(17)19-15(4,5)6/h11-13,18H,7-10H2,1-6H3. The predicted molar refractivity (Wildman–Crippen MR) is 76.8 cm³/mol. The highest BCUT2D eigenvalue weighted by molar-refractivity contribution is 5.74. The molecule has 0 aliphatic heterocycles. The van der Waals surface area contributed by atoms with Crippen molar-refractivity contribution in [2.75, 3.05) is 0 Å². The first-order valence-electron chi connectivity index (χ1n) is 7.51. The van der Waals surface area contributed by atoms with Gasteiger partial charge in [-0.3, -0.25) is 4.79 Å². The van der Waals surface area contributed by atoms with E-state index in [1.165, 1.54) is 0 Å². The third kappa shape index (κ3) is 4.79. The fourth-order valence-electron chi connectivity index (χ4n) is 2.47. The molecule has 3 nitrogen and oxygen atoms in total. The van der Waals surface area contributed by atoms with Gasteiger partial charge in [-0.25, -0.2) is 0 Å². The van der Waals surface area contributed by atoms with E-state index < -0.39 is 17.1 Å². The number of carbonyl (C=O) groups excluding carboxylic acids is 1. The summed E-state index contributed by atoms with van der Waals surface area (Å²) in [5, 5.41) is 10.9. The lowest BCUT2D eigenvalue weighted by Crippen LogP contribution is -2.45. The van der Waals surface area contributed by atoms with Crippen LogP contribution in [0.5, 0.6) is 0 Å². The molecule has 0 aromatic heterocycles. The van der Waals surface area contributed by atoms with E-state index in [4.69, 9.17) is 4.74 Å². The maximum Gasteiger partial charge on any atom is 0.312 e. The number of hydrogen-bond donors (Lipinski definition) is 1. The Morgan fingerprint density at radius 2 is 1.79 bits per heavy atom. The molecule has 19 heavy (non-hydrogen) atoms. The second kappa shape index (κ2) is 5.82. The van der Waals surface area contributed by atoms with E-state index >= 15 is 0 Å². The highest BCUT2D eigenvalue weighted by Crippen LogP contribution is 2.47. The monoisotopic (exact) mass is 270 g/mol. The van der Waals surface area contributed by atoms with Crippen LogP contribution in [-0.2, 0) is 9.53 Å². The van der Waals surface area contributed by atoms with Crippen LogP contribution in [0.2, 0.25) is 0 Å². The van der Waals surface area contributed by atoms with Crippen LogP contribution >= 0.6 is 0 Å². The molecule has 0 amide bonds. The van der Waals surface area contributed by atoms with E-state index in [1.807, 2.05) is 27.7 Å². The van der Waals surface area contributed by atoms with Crippen LogP contribution in [0.1, 0.15) is 67.2 Å². The molecule has 1 fully saturated rings. The van der Waals surface area contributed by atoms with Crippen molar-refractivity contribution in [3.63, 3.8) is 0 Å². The van der Waals surface area contributed by atoms with Gasteiger partial charge in [0.05, 0.1) is 11.5 Å². The summed E-state index contributed by atoms with van der Waals surface area (Å²) >= 11 is 0. The number of esters is 1. The summed E-state index contributed by atoms with van der Waals surface area (Å²) in [6, 6.07) is 0. The average molecular weight is 270 g/mol. The van der Waals surface area contributed by atoms with E-state index in [0.29, 0.717) is 12.3 Å². The molecule has 0 spiro atoms. The van der Waals surface area contributed by atoms with Gasteiger partial charge in [-0.15, -0.1) is 0 Å². The number of aliphatic hydroxyl groups is 1. The summed E-state index contributed by atoms with van der Waals surface area (Å²) in [5.74, 6) is 0.0912. The number of carbonyl (C=O) groups is 1. The van der Waals surface area contributed by atoms with Crippen LogP contribution in [0.25, 0.3) is 0 Å². The van der Waals surface area contributed by atoms with Crippen LogP contribution in [0, 0.1) is 17.8 Å². The van der Waals surface area contributed by atoms with Crippen molar-refractivity contribution in [2.24, 2.45) is 17.8 Å². The maximum atomic E-state index is 12.2. The maximum absolute atomic E-state index is 12.2. The molecule has 0 heterocycles. The van der Waals surface area contributed by atoms with Crippen LogP contribution in [0.3, 0.4) is 0 Å². The van der Waals surface area contributed by atoms with Crippen LogP contribution in [-0.4, -0.2) is 22.3 Å². The largest absolute Gasteiger partial charge is 0.460 e. The van der Waals surface area contributed by atoms with Crippen LogP contribution < -0.4 is 0 Å². The summed E-state index contributed by atoms with van der Waals surface area (Å²) in [5.41, 5.74) is -1.37. The van der Waals surface area contributed by atoms with Crippen molar-refractivity contribution in [1.29, 1.82) is 0 Å². The molecule has 2 unspecified atom stereocenters. The topological polar surface area (TPSA) is 46.5 Å². The zero-order valence-corrected chi connectivity index (χ0v) is 13.3. The first-order valence-corrected chi connectivity index (χ1v) is 7.51. The van der Waals surface area contributed by atoms with Crippen molar-refractivity contribution in [1.82, 2.24) is 0 Å². The summed E-state index contributed by atoms with van der Waals surface area (Å²) in [7, 11) is 0. The number of rotatable bonds is 6. The smallest absolute Gasteiger partial charge is 0.312 e. The number of hydrogen-bond acceptors (Lipinski definition) is 3. The van der Waals surface area contributed by atoms with Gasteiger partial charge >= 0.3 is 5.97 Å². The summed E-state index contributed by atoms with van der Waals surface area (Å²) in [6.07, 6.45) is 3.69. The zero-order chi connectivity index (χ0) is 14.8. The Morgan fingerprint density at radius 3 is 2.16 bits per heavy atom. The second-order valence-corrected chi connectivity index (χ2v) is 7.45. The Kier molecular flexibility index (Phi) is 5.05. The minimum Gasteiger partial charge on any atom is -0.460 e. The highest BCUT2D eigenvalue weighted by Gasteiger charge is 2.50. The molecule has 0 aromatic rings. The normalized spacial score (nSPS) is 21.1. The molecule has 1 aliphatic rings. The van der Waals surface area contributed by atoms with Crippen molar-refractivity contribution in [3.05, 3.63) is 0 Å².